The van der Waals surface area contributed by atoms with E-state index in [2.05, 4.69) is 0 Å². The number of hydrogen-bond donors (Lipinski definition) is 0. The van der Waals surface area contributed by atoms with E-state index >= 15 is 0 Å². The van der Waals surface area contributed by atoms with E-state index in [9.17, 15) is 26.3 Å². The molecule has 0 heterocycles. The summed E-state index contributed by atoms with van der Waals surface area (Å²) >= 11 is 0. The first-order chi connectivity index (χ1) is 7.21. The molecule has 6 heteroatoms. The standard InChI is InChI=1S/C10H12F6/c11-9(12,13)7-5-1-2-6(4-3-5)8(7)10(14,15)16/h5-8H,1-4H2. The van der Waals surface area contributed by atoms with Gasteiger partial charge in [0, 0.05) is 0 Å². The van der Waals surface area contributed by atoms with Gasteiger partial charge in [0.05, 0.1) is 11.8 Å². The SMILES string of the molecule is FC(F)(F)C1C2CCC(CC2)C1C(F)(F)F. The quantitative estimate of drug-likeness (QED) is 0.563. The molecule has 0 N–H and O–H groups in total. The van der Waals surface area contributed by atoms with Crippen LogP contribution in [-0.4, -0.2) is 12.4 Å². The van der Waals surface area contributed by atoms with E-state index in [0.29, 0.717) is 25.7 Å². The highest BCUT2D eigenvalue weighted by atomic mass is 19.4. The normalized spacial score (nSPS) is 40.1. The summed E-state index contributed by atoms with van der Waals surface area (Å²) < 4.78 is 76.1. The van der Waals surface area contributed by atoms with Gasteiger partial charge < -0.3 is 0 Å². The molecule has 3 rings (SSSR count). The predicted octanol–water partition coefficient (Wildman–Crippen LogP) is 4.16. The van der Waals surface area contributed by atoms with E-state index in [1.165, 1.54) is 0 Å². The number of alkyl halides is 6. The summed E-state index contributed by atoms with van der Waals surface area (Å²) in [5.74, 6) is -5.98. The minimum Gasteiger partial charge on any atom is -0.171 e. The second-order valence-electron chi connectivity index (χ2n) is 4.81. The molecule has 3 aliphatic rings. The molecule has 16 heavy (non-hydrogen) atoms. The Bertz CT molecular complexity index is 229. The van der Waals surface area contributed by atoms with Gasteiger partial charge in [-0.3, -0.25) is 0 Å². The van der Waals surface area contributed by atoms with E-state index < -0.39 is 36.0 Å². The molecule has 94 valence electrons. The highest BCUT2D eigenvalue weighted by Crippen LogP contribution is 2.58. The van der Waals surface area contributed by atoms with Crippen LogP contribution < -0.4 is 0 Å². The summed E-state index contributed by atoms with van der Waals surface area (Å²) in [6, 6.07) is 0. The van der Waals surface area contributed by atoms with Crippen molar-refractivity contribution < 1.29 is 26.3 Å². The van der Waals surface area contributed by atoms with Crippen LogP contribution >= 0.6 is 0 Å². The molecule has 3 aliphatic carbocycles. The summed E-state index contributed by atoms with van der Waals surface area (Å²) in [5, 5.41) is 0. The number of hydrogen-bond acceptors (Lipinski definition) is 0. The van der Waals surface area contributed by atoms with Crippen LogP contribution in [0.5, 0.6) is 0 Å². The Morgan fingerprint density at radius 1 is 0.562 bits per heavy atom. The zero-order valence-corrected chi connectivity index (χ0v) is 8.41. The van der Waals surface area contributed by atoms with Gasteiger partial charge >= 0.3 is 12.4 Å². The van der Waals surface area contributed by atoms with E-state index in [0.717, 1.165) is 0 Å². The fourth-order valence-electron chi connectivity index (χ4n) is 3.39. The molecular formula is C10H12F6. The second-order valence-corrected chi connectivity index (χ2v) is 4.81. The average Bonchev–Trinajstić information content (AvgIpc) is 2.15. The molecule has 3 saturated carbocycles. The van der Waals surface area contributed by atoms with Crippen LogP contribution in [0.1, 0.15) is 25.7 Å². The second kappa shape index (κ2) is 3.53. The Morgan fingerprint density at radius 3 is 1.00 bits per heavy atom. The molecule has 2 unspecified atom stereocenters. The number of fused-ring (bicyclic) bond motifs is 3. The van der Waals surface area contributed by atoms with Gasteiger partial charge in [-0.1, -0.05) is 0 Å². The lowest BCUT2D eigenvalue weighted by atomic mass is 9.58. The van der Waals surface area contributed by atoms with E-state index in [-0.39, 0.29) is 0 Å². The van der Waals surface area contributed by atoms with Crippen LogP contribution in [0.25, 0.3) is 0 Å². The highest BCUT2D eigenvalue weighted by Gasteiger charge is 2.63. The Labute approximate surface area is 89.0 Å². The Hall–Kier alpha value is -0.420. The van der Waals surface area contributed by atoms with Gasteiger partial charge in [0.2, 0.25) is 0 Å². The van der Waals surface area contributed by atoms with Gasteiger partial charge in [0.25, 0.3) is 0 Å². The van der Waals surface area contributed by atoms with Crippen LogP contribution in [0.4, 0.5) is 26.3 Å². The summed E-state index contributed by atoms with van der Waals surface area (Å²) in [4.78, 5) is 0. The largest absolute Gasteiger partial charge is 0.392 e. The third-order valence-electron chi connectivity index (χ3n) is 3.98. The van der Waals surface area contributed by atoms with Crippen molar-refractivity contribution in [2.75, 3.05) is 0 Å². The highest BCUT2D eigenvalue weighted by molar-refractivity contribution is 4.98. The molecule has 2 atom stereocenters. The van der Waals surface area contributed by atoms with Crippen molar-refractivity contribution in [3.63, 3.8) is 0 Å². The number of halogens is 6. The van der Waals surface area contributed by atoms with Crippen molar-refractivity contribution in [1.29, 1.82) is 0 Å². The molecular weight excluding hydrogens is 234 g/mol. The number of rotatable bonds is 0. The summed E-state index contributed by atoms with van der Waals surface area (Å²) in [5.41, 5.74) is 0. The van der Waals surface area contributed by atoms with Gasteiger partial charge in [-0.05, 0) is 37.5 Å². The van der Waals surface area contributed by atoms with Crippen LogP contribution in [0.15, 0.2) is 0 Å². The first-order valence-electron chi connectivity index (χ1n) is 5.34. The molecule has 0 saturated heterocycles. The maximum atomic E-state index is 12.7. The summed E-state index contributed by atoms with van der Waals surface area (Å²) in [6.45, 7) is 0. The lowest BCUT2D eigenvalue weighted by Crippen LogP contribution is -2.52. The lowest BCUT2D eigenvalue weighted by molar-refractivity contribution is -0.297. The molecule has 0 aromatic carbocycles. The molecule has 0 spiro atoms. The molecule has 0 aromatic rings. The molecule has 3 fully saturated rings. The van der Waals surface area contributed by atoms with Crippen molar-refractivity contribution in [3.05, 3.63) is 0 Å². The first-order valence-corrected chi connectivity index (χ1v) is 5.34. The predicted molar refractivity (Wildman–Crippen MR) is 44.5 cm³/mol. The van der Waals surface area contributed by atoms with Crippen LogP contribution in [0, 0.1) is 23.7 Å². The smallest absolute Gasteiger partial charge is 0.171 e. The van der Waals surface area contributed by atoms with Crippen LogP contribution in [-0.2, 0) is 0 Å². The minimum absolute atomic E-state index is 0.293. The molecule has 0 nitrogen and oxygen atoms in total. The van der Waals surface area contributed by atoms with E-state index in [1.807, 2.05) is 0 Å². The lowest BCUT2D eigenvalue weighted by Gasteiger charge is -2.49. The van der Waals surface area contributed by atoms with Gasteiger partial charge in [-0.2, -0.15) is 26.3 Å². The monoisotopic (exact) mass is 246 g/mol. The van der Waals surface area contributed by atoms with Gasteiger partial charge in [-0.15, -0.1) is 0 Å². The van der Waals surface area contributed by atoms with Crippen LogP contribution in [0.2, 0.25) is 0 Å². The molecule has 0 aliphatic heterocycles. The molecule has 2 bridgehead atoms. The summed E-state index contributed by atoms with van der Waals surface area (Å²) in [6.07, 6.45) is -8.26. The van der Waals surface area contributed by atoms with Crippen molar-refractivity contribution in [1.82, 2.24) is 0 Å². The van der Waals surface area contributed by atoms with E-state index in [1.54, 1.807) is 0 Å². The maximum Gasteiger partial charge on any atom is 0.392 e. The summed E-state index contributed by atoms with van der Waals surface area (Å²) in [7, 11) is 0. The average molecular weight is 246 g/mol. The van der Waals surface area contributed by atoms with Crippen molar-refractivity contribution in [2.45, 2.75) is 38.0 Å². The zero-order valence-electron chi connectivity index (χ0n) is 8.41. The maximum absolute atomic E-state index is 12.7. The molecule has 0 radical (unpaired) electrons. The third-order valence-corrected chi connectivity index (χ3v) is 3.98. The molecule has 0 aromatic heterocycles. The van der Waals surface area contributed by atoms with Crippen molar-refractivity contribution in [2.24, 2.45) is 23.7 Å². The Balaban J connectivity index is 2.32. The Morgan fingerprint density at radius 2 is 0.812 bits per heavy atom. The minimum atomic E-state index is -4.72. The van der Waals surface area contributed by atoms with Crippen molar-refractivity contribution in [3.8, 4) is 0 Å². The third kappa shape index (κ3) is 1.91. The first kappa shape index (κ1) is 12.0. The van der Waals surface area contributed by atoms with Crippen LogP contribution in [0.3, 0.4) is 0 Å². The van der Waals surface area contributed by atoms with Gasteiger partial charge in [-0.25, -0.2) is 0 Å². The van der Waals surface area contributed by atoms with Gasteiger partial charge in [0.1, 0.15) is 0 Å². The Kier molecular flexibility index (Phi) is 2.66. The topological polar surface area (TPSA) is 0 Å². The van der Waals surface area contributed by atoms with Gasteiger partial charge in [0.15, 0.2) is 0 Å². The van der Waals surface area contributed by atoms with E-state index in [4.69, 9.17) is 0 Å². The van der Waals surface area contributed by atoms with Crippen molar-refractivity contribution >= 4 is 0 Å². The fraction of sp³-hybridized carbons (Fsp3) is 1.00. The fourth-order valence-corrected chi connectivity index (χ4v) is 3.39. The zero-order chi connectivity index (χ0) is 12.1. The molecule has 0 amide bonds.